The highest BCUT2D eigenvalue weighted by Crippen LogP contribution is 2.46. The Morgan fingerprint density at radius 2 is 1.23 bits per heavy atom. The summed E-state index contributed by atoms with van der Waals surface area (Å²) < 4.78 is 35.4. The third-order valence-electron chi connectivity index (χ3n) is 5.59. The van der Waals surface area contributed by atoms with Gasteiger partial charge in [-0.2, -0.15) is 0 Å². The molecule has 0 fully saturated rings. The van der Waals surface area contributed by atoms with Crippen molar-refractivity contribution in [2.75, 3.05) is 32.8 Å². The average molecular weight is 487 g/mol. The van der Waals surface area contributed by atoms with E-state index in [9.17, 15) is 0 Å². The summed E-state index contributed by atoms with van der Waals surface area (Å²) in [7, 11) is 0. The summed E-state index contributed by atoms with van der Waals surface area (Å²) in [6.07, 6.45) is 1.74. The number of nitrogens with zero attached hydrogens (tertiary/aromatic N) is 1. The van der Waals surface area contributed by atoms with E-state index in [1.165, 1.54) is 0 Å². The molecule has 2 aliphatic rings. The summed E-state index contributed by atoms with van der Waals surface area (Å²) in [5.74, 6) is 2.86. The van der Waals surface area contributed by atoms with E-state index in [-0.39, 0.29) is 6.04 Å². The molecule has 0 aromatic heterocycles. The number of rotatable bonds is 12. The Bertz CT molecular complexity index is 932. The summed E-state index contributed by atoms with van der Waals surface area (Å²) in [6, 6.07) is 11.5. The number of hydrogen-bond acceptors (Lipinski definition) is 8. The Morgan fingerprint density at radius 3 is 1.66 bits per heavy atom. The fourth-order valence-electron chi connectivity index (χ4n) is 4.29. The van der Waals surface area contributed by atoms with Gasteiger partial charge in [-0.25, -0.2) is 0 Å². The molecule has 2 aromatic rings. The highest BCUT2D eigenvalue weighted by Gasteiger charge is 2.35. The monoisotopic (exact) mass is 486 g/mol. The van der Waals surface area contributed by atoms with Crippen molar-refractivity contribution in [1.82, 2.24) is 4.90 Å². The Labute approximate surface area is 208 Å². The molecule has 0 amide bonds. The number of benzene rings is 2. The van der Waals surface area contributed by atoms with Gasteiger partial charge in [-0.15, -0.1) is 0 Å². The van der Waals surface area contributed by atoms with Gasteiger partial charge < -0.3 is 39.1 Å². The predicted octanol–water partition coefficient (Wildman–Crippen LogP) is 4.59. The molecule has 0 saturated heterocycles. The van der Waals surface area contributed by atoms with Gasteiger partial charge in [0.2, 0.25) is 23.1 Å². The van der Waals surface area contributed by atoms with Crippen molar-refractivity contribution >= 4 is 0 Å². The fraction of sp³-hybridized carbons (Fsp3) is 0.556. The normalized spacial score (nSPS) is 17.5. The van der Waals surface area contributed by atoms with Crippen LogP contribution in [0, 0.1) is 0 Å². The molecule has 4 rings (SSSR count). The maximum Gasteiger partial charge on any atom is 0.246 e. The first-order chi connectivity index (χ1) is 16.6. The van der Waals surface area contributed by atoms with E-state index in [2.05, 4.69) is 4.90 Å². The molecule has 2 aliphatic heterocycles. The summed E-state index contributed by atoms with van der Waals surface area (Å²) in [5.41, 5.74) is 6.09. The van der Waals surface area contributed by atoms with Gasteiger partial charge in [0.1, 0.15) is 0 Å². The Balaban J connectivity index is 1.22. The van der Waals surface area contributed by atoms with Crippen LogP contribution >= 0.6 is 0 Å². The minimum atomic E-state index is -0.673. The largest absolute Gasteiger partial charge is 0.489 e. The minimum Gasteiger partial charge on any atom is -0.489 e. The lowest BCUT2D eigenvalue weighted by Crippen LogP contribution is -2.37. The summed E-state index contributed by atoms with van der Waals surface area (Å²) in [6.45, 7) is 13.3. The highest BCUT2D eigenvalue weighted by atomic mass is 16.7. The van der Waals surface area contributed by atoms with E-state index in [0.29, 0.717) is 36.2 Å². The van der Waals surface area contributed by atoms with Gasteiger partial charge in [-0.05, 0) is 44.0 Å². The molecule has 8 nitrogen and oxygen atoms in total. The SMILES string of the molecule is CC(N)CN(CCCOc1cccc2c1OC(C)(C)O2)CCCOc1cccc2c1OC(C)(C)O2. The average Bonchev–Trinajstić information content (AvgIpc) is 3.27. The summed E-state index contributed by atoms with van der Waals surface area (Å²) in [4.78, 5) is 2.35. The van der Waals surface area contributed by atoms with Crippen LogP contribution in [0.4, 0.5) is 0 Å². The van der Waals surface area contributed by atoms with Gasteiger partial charge in [-0.1, -0.05) is 12.1 Å². The number of ether oxygens (including phenoxy) is 6. The first kappa shape index (κ1) is 25.3. The van der Waals surface area contributed by atoms with Crippen molar-refractivity contribution in [3.8, 4) is 34.5 Å². The molecule has 0 spiro atoms. The lowest BCUT2D eigenvalue weighted by molar-refractivity contribution is -0.0446. The van der Waals surface area contributed by atoms with Crippen LogP contribution in [0.15, 0.2) is 36.4 Å². The second-order valence-corrected chi connectivity index (χ2v) is 10.1. The molecule has 0 bridgehead atoms. The van der Waals surface area contributed by atoms with Crippen LogP contribution in [-0.4, -0.2) is 55.4 Å². The number of para-hydroxylation sites is 2. The Hall–Kier alpha value is -2.84. The van der Waals surface area contributed by atoms with Crippen LogP contribution in [0.3, 0.4) is 0 Å². The minimum absolute atomic E-state index is 0.0900. The highest BCUT2D eigenvalue weighted by molar-refractivity contribution is 5.54. The maximum absolute atomic E-state index is 6.09. The van der Waals surface area contributed by atoms with Gasteiger partial charge in [0.05, 0.1) is 13.2 Å². The molecule has 2 N–H and O–H groups in total. The quantitative estimate of drug-likeness (QED) is 0.436. The number of fused-ring (bicyclic) bond motifs is 2. The zero-order valence-corrected chi connectivity index (χ0v) is 21.5. The van der Waals surface area contributed by atoms with Crippen molar-refractivity contribution < 1.29 is 28.4 Å². The molecular formula is C27H38N2O6. The van der Waals surface area contributed by atoms with Crippen LogP contribution in [-0.2, 0) is 0 Å². The van der Waals surface area contributed by atoms with Gasteiger partial charge in [0.15, 0.2) is 23.0 Å². The van der Waals surface area contributed by atoms with Crippen LogP contribution < -0.4 is 34.2 Å². The molecule has 1 unspecified atom stereocenters. The van der Waals surface area contributed by atoms with Crippen molar-refractivity contribution in [3.63, 3.8) is 0 Å². The third kappa shape index (κ3) is 6.64. The van der Waals surface area contributed by atoms with E-state index in [1.54, 1.807) is 0 Å². The van der Waals surface area contributed by atoms with E-state index >= 15 is 0 Å². The van der Waals surface area contributed by atoms with Crippen molar-refractivity contribution in [2.24, 2.45) is 5.73 Å². The van der Waals surface area contributed by atoms with Gasteiger partial charge in [-0.3, -0.25) is 0 Å². The first-order valence-corrected chi connectivity index (χ1v) is 12.4. The molecular weight excluding hydrogens is 448 g/mol. The zero-order chi connectivity index (χ0) is 25.1. The van der Waals surface area contributed by atoms with E-state index in [0.717, 1.165) is 44.0 Å². The Kier molecular flexibility index (Phi) is 7.52. The molecule has 2 aromatic carbocycles. The van der Waals surface area contributed by atoms with E-state index in [1.807, 2.05) is 71.0 Å². The van der Waals surface area contributed by atoms with Gasteiger partial charge in [0, 0.05) is 53.4 Å². The smallest absolute Gasteiger partial charge is 0.246 e. The second-order valence-electron chi connectivity index (χ2n) is 10.1. The van der Waals surface area contributed by atoms with E-state index in [4.69, 9.17) is 34.2 Å². The van der Waals surface area contributed by atoms with Crippen molar-refractivity contribution in [2.45, 2.75) is 65.1 Å². The van der Waals surface area contributed by atoms with Crippen LogP contribution in [0.2, 0.25) is 0 Å². The predicted molar refractivity (Wildman–Crippen MR) is 134 cm³/mol. The lowest BCUT2D eigenvalue weighted by atomic mass is 10.2. The molecule has 8 heteroatoms. The molecule has 192 valence electrons. The van der Waals surface area contributed by atoms with E-state index < -0.39 is 11.6 Å². The van der Waals surface area contributed by atoms with Gasteiger partial charge in [0.25, 0.3) is 0 Å². The molecule has 1 atom stereocenters. The maximum atomic E-state index is 6.09. The number of hydrogen-bond donors (Lipinski definition) is 1. The molecule has 0 saturated carbocycles. The van der Waals surface area contributed by atoms with Crippen LogP contribution in [0.5, 0.6) is 34.5 Å². The summed E-state index contributed by atoms with van der Waals surface area (Å²) in [5, 5.41) is 0. The zero-order valence-electron chi connectivity index (χ0n) is 21.5. The van der Waals surface area contributed by atoms with Crippen molar-refractivity contribution in [1.29, 1.82) is 0 Å². The standard InChI is InChI=1S/C27H38N2O6/c1-19(28)18-29(14-8-16-30-20-10-6-12-22-24(20)34-26(2,3)32-22)15-9-17-31-21-11-7-13-23-25(21)35-27(4,5)33-23/h6-7,10-13,19H,8-9,14-18,28H2,1-5H3. The molecule has 35 heavy (non-hydrogen) atoms. The first-order valence-electron chi connectivity index (χ1n) is 12.4. The lowest BCUT2D eigenvalue weighted by Gasteiger charge is -2.24. The molecule has 0 aliphatic carbocycles. The van der Waals surface area contributed by atoms with Gasteiger partial charge >= 0.3 is 0 Å². The van der Waals surface area contributed by atoms with Crippen LogP contribution in [0.1, 0.15) is 47.5 Å². The van der Waals surface area contributed by atoms with Crippen LogP contribution in [0.25, 0.3) is 0 Å². The topological polar surface area (TPSA) is 84.6 Å². The molecule has 0 radical (unpaired) electrons. The second kappa shape index (κ2) is 10.4. The third-order valence-corrected chi connectivity index (χ3v) is 5.59. The number of nitrogens with two attached hydrogens (primary N) is 1. The summed E-state index contributed by atoms with van der Waals surface area (Å²) >= 11 is 0. The Morgan fingerprint density at radius 1 is 0.771 bits per heavy atom. The fourth-order valence-corrected chi connectivity index (χ4v) is 4.29. The van der Waals surface area contributed by atoms with Crippen molar-refractivity contribution in [3.05, 3.63) is 36.4 Å². The molecule has 2 heterocycles.